The molecule has 0 radical (unpaired) electrons. The summed E-state index contributed by atoms with van der Waals surface area (Å²) in [7, 11) is 1.61. The first kappa shape index (κ1) is 21.5. The van der Waals surface area contributed by atoms with E-state index in [-0.39, 0.29) is 5.91 Å². The number of hydrogen-bond acceptors (Lipinski definition) is 7. The van der Waals surface area contributed by atoms with Crippen LogP contribution in [0.1, 0.15) is 21.8 Å². The van der Waals surface area contributed by atoms with Crippen LogP contribution in [0.4, 0.5) is 11.5 Å². The Bertz CT molecular complexity index is 1180. The van der Waals surface area contributed by atoms with Gasteiger partial charge in [0.25, 0.3) is 5.91 Å². The number of carbonyl (C=O) groups is 1. The van der Waals surface area contributed by atoms with Crippen LogP contribution < -0.4 is 15.4 Å². The number of benzene rings is 1. The second-order valence-electron chi connectivity index (χ2n) is 6.95. The molecular formula is C24H23N5O2S. The first-order valence-corrected chi connectivity index (χ1v) is 11.1. The average Bonchev–Trinajstić information content (AvgIpc) is 3.32. The number of carbonyl (C=O) groups excluding carboxylic acids is 1. The highest BCUT2D eigenvalue weighted by Gasteiger charge is 2.14. The number of nitrogens with one attached hydrogen (secondary N) is 2. The van der Waals surface area contributed by atoms with Crippen LogP contribution in [0, 0.1) is 0 Å². The number of aromatic nitrogens is 3. The summed E-state index contributed by atoms with van der Waals surface area (Å²) in [6, 6.07) is 14.9. The van der Waals surface area contributed by atoms with Gasteiger partial charge in [0.1, 0.15) is 11.6 Å². The minimum atomic E-state index is -0.174. The van der Waals surface area contributed by atoms with Crippen LogP contribution in [0.3, 0.4) is 0 Å². The third-order valence-electron chi connectivity index (χ3n) is 4.79. The Balaban J connectivity index is 1.33. The summed E-state index contributed by atoms with van der Waals surface area (Å²) in [6.07, 6.45) is 6.77. The minimum Gasteiger partial charge on any atom is -0.495 e. The Morgan fingerprint density at radius 1 is 1.06 bits per heavy atom. The molecule has 1 aromatic carbocycles. The molecule has 162 valence electrons. The zero-order valence-electron chi connectivity index (χ0n) is 17.6. The highest BCUT2D eigenvalue weighted by molar-refractivity contribution is 7.09. The van der Waals surface area contributed by atoms with Gasteiger partial charge in [-0.2, -0.15) is 0 Å². The molecule has 3 heterocycles. The van der Waals surface area contributed by atoms with Gasteiger partial charge >= 0.3 is 0 Å². The van der Waals surface area contributed by atoms with Gasteiger partial charge in [0.2, 0.25) is 0 Å². The SMILES string of the molecule is COc1ccccc1Nc1ncccc1C(=O)NCCCc1nc(-c2ccncc2)cs1. The molecule has 1 amide bonds. The molecule has 0 aliphatic heterocycles. The molecule has 0 bridgehead atoms. The lowest BCUT2D eigenvalue weighted by Gasteiger charge is -2.13. The fraction of sp³-hybridized carbons (Fsp3) is 0.167. The number of ether oxygens (including phenoxy) is 1. The number of pyridine rings is 2. The predicted octanol–water partition coefficient (Wildman–Crippen LogP) is 4.71. The molecular weight excluding hydrogens is 422 g/mol. The number of methoxy groups -OCH3 is 1. The van der Waals surface area contributed by atoms with Crippen molar-refractivity contribution in [1.82, 2.24) is 20.3 Å². The Kier molecular flexibility index (Phi) is 7.04. The Morgan fingerprint density at radius 2 is 1.91 bits per heavy atom. The van der Waals surface area contributed by atoms with E-state index in [1.54, 1.807) is 49.2 Å². The van der Waals surface area contributed by atoms with Crippen LogP contribution >= 0.6 is 11.3 Å². The molecule has 32 heavy (non-hydrogen) atoms. The fourth-order valence-corrected chi connectivity index (χ4v) is 4.03. The monoisotopic (exact) mass is 445 g/mol. The van der Waals surface area contributed by atoms with E-state index in [2.05, 4.69) is 31.0 Å². The lowest BCUT2D eigenvalue weighted by atomic mass is 10.2. The topological polar surface area (TPSA) is 89.0 Å². The summed E-state index contributed by atoms with van der Waals surface area (Å²) in [5.41, 5.74) is 3.24. The number of thiazole rings is 1. The number of anilines is 2. The van der Waals surface area contributed by atoms with Crippen LogP contribution in [0.2, 0.25) is 0 Å². The van der Waals surface area contributed by atoms with E-state index in [1.807, 2.05) is 36.4 Å². The summed E-state index contributed by atoms with van der Waals surface area (Å²) in [5.74, 6) is 0.989. The van der Waals surface area contributed by atoms with E-state index in [0.717, 1.165) is 34.8 Å². The van der Waals surface area contributed by atoms with Gasteiger partial charge in [-0.05, 0) is 42.8 Å². The lowest BCUT2D eigenvalue weighted by Crippen LogP contribution is -2.25. The van der Waals surface area contributed by atoms with Crippen molar-refractivity contribution < 1.29 is 9.53 Å². The van der Waals surface area contributed by atoms with Crippen molar-refractivity contribution in [2.45, 2.75) is 12.8 Å². The highest BCUT2D eigenvalue weighted by Crippen LogP contribution is 2.27. The summed E-state index contributed by atoms with van der Waals surface area (Å²) < 4.78 is 5.37. The molecule has 8 heteroatoms. The maximum atomic E-state index is 12.8. The molecule has 0 saturated carbocycles. The van der Waals surface area contributed by atoms with Crippen LogP contribution in [0.25, 0.3) is 11.3 Å². The summed E-state index contributed by atoms with van der Waals surface area (Å²) in [6.45, 7) is 0.548. The van der Waals surface area contributed by atoms with E-state index in [9.17, 15) is 4.79 Å². The number of para-hydroxylation sites is 2. The van der Waals surface area contributed by atoms with E-state index < -0.39 is 0 Å². The first-order valence-electron chi connectivity index (χ1n) is 10.2. The summed E-state index contributed by atoms with van der Waals surface area (Å²) in [4.78, 5) is 25.8. The maximum Gasteiger partial charge on any atom is 0.255 e. The molecule has 3 aromatic heterocycles. The van der Waals surface area contributed by atoms with Crippen LogP contribution in [-0.4, -0.2) is 34.5 Å². The molecule has 4 rings (SSSR count). The van der Waals surface area contributed by atoms with Gasteiger partial charge in [0, 0.05) is 42.5 Å². The van der Waals surface area contributed by atoms with Crippen molar-refractivity contribution in [3.63, 3.8) is 0 Å². The Labute approximate surface area is 190 Å². The highest BCUT2D eigenvalue weighted by atomic mass is 32.1. The zero-order chi connectivity index (χ0) is 22.2. The van der Waals surface area contributed by atoms with Gasteiger partial charge in [0.15, 0.2) is 0 Å². The second kappa shape index (κ2) is 10.5. The Morgan fingerprint density at radius 3 is 2.75 bits per heavy atom. The van der Waals surface area contributed by atoms with Crippen molar-refractivity contribution in [2.75, 3.05) is 19.0 Å². The van der Waals surface area contributed by atoms with Gasteiger partial charge in [-0.3, -0.25) is 9.78 Å². The standard InChI is InChI=1S/C24H23N5O2S/c1-31-21-8-3-2-7-19(21)29-23-18(6-4-12-26-23)24(30)27-13-5-9-22-28-20(16-32-22)17-10-14-25-15-11-17/h2-4,6-8,10-12,14-16H,5,9,13H2,1H3,(H,26,29)(H,27,30). The van der Waals surface area contributed by atoms with Crippen molar-refractivity contribution in [1.29, 1.82) is 0 Å². The third-order valence-corrected chi connectivity index (χ3v) is 5.70. The molecule has 0 aliphatic carbocycles. The number of amides is 1. The van der Waals surface area contributed by atoms with Crippen molar-refractivity contribution >= 4 is 28.7 Å². The molecule has 7 nitrogen and oxygen atoms in total. The van der Waals surface area contributed by atoms with E-state index in [4.69, 9.17) is 4.74 Å². The normalized spacial score (nSPS) is 10.5. The van der Waals surface area contributed by atoms with Crippen LogP contribution in [0.15, 0.2) is 72.5 Å². The third kappa shape index (κ3) is 5.28. The van der Waals surface area contributed by atoms with E-state index in [0.29, 0.717) is 23.7 Å². The number of nitrogens with zero attached hydrogens (tertiary/aromatic N) is 3. The predicted molar refractivity (Wildman–Crippen MR) is 127 cm³/mol. The first-order chi connectivity index (χ1) is 15.7. The van der Waals surface area contributed by atoms with Gasteiger partial charge in [-0.15, -0.1) is 11.3 Å². The molecule has 4 aromatic rings. The number of rotatable bonds is 9. The number of aryl methyl sites for hydroxylation is 1. The van der Waals surface area contributed by atoms with E-state index >= 15 is 0 Å². The molecule has 0 fully saturated rings. The van der Waals surface area contributed by atoms with E-state index in [1.165, 1.54) is 0 Å². The maximum absolute atomic E-state index is 12.8. The molecule has 0 atom stereocenters. The molecule has 0 saturated heterocycles. The minimum absolute atomic E-state index is 0.174. The smallest absolute Gasteiger partial charge is 0.255 e. The molecule has 0 aliphatic rings. The van der Waals surface area contributed by atoms with Crippen molar-refractivity contribution in [3.8, 4) is 17.0 Å². The van der Waals surface area contributed by atoms with Crippen LogP contribution in [-0.2, 0) is 6.42 Å². The van der Waals surface area contributed by atoms with Crippen molar-refractivity contribution in [2.24, 2.45) is 0 Å². The molecule has 0 unspecified atom stereocenters. The van der Waals surface area contributed by atoms with Gasteiger partial charge in [0.05, 0.1) is 29.1 Å². The molecule has 0 spiro atoms. The van der Waals surface area contributed by atoms with Gasteiger partial charge < -0.3 is 15.4 Å². The molecule has 2 N–H and O–H groups in total. The quantitative estimate of drug-likeness (QED) is 0.363. The van der Waals surface area contributed by atoms with Gasteiger partial charge in [-0.1, -0.05) is 12.1 Å². The zero-order valence-corrected chi connectivity index (χ0v) is 18.4. The summed E-state index contributed by atoms with van der Waals surface area (Å²) in [5, 5.41) is 9.28. The summed E-state index contributed by atoms with van der Waals surface area (Å²) >= 11 is 1.63. The van der Waals surface area contributed by atoms with Crippen LogP contribution in [0.5, 0.6) is 5.75 Å². The second-order valence-corrected chi connectivity index (χ2v) is 7.89. The van der Waals surface area contributed by atoms with Crippen molar-refractivity contribution in [3.05, 3.63) is 83.1 Å². The van der Waals surface area contributed by atoms with Gasteiger partial charge in [-0.25, -0.2) is 9.97 Å². The Hall–Kier alpha value is -3.78. The average molecular weight is 446 g/mol. The number of hydrogen-bond donors (Lipinski definition) is 2. The largest absolute Gasteiger partial charge is 0.495 e. The lowest BCUT2D eigenvalue weighted by molar-refractivity contribution is 0.0954. The fourth-order valence-electron chi connectivity index (χ4n) is 3.18.